The molecule has 0 bridgehead atoms. The van der Waals surface area contributed by atoms with Gasteiger partial charge in [-0.3, -0.25) is 9.89 Å². The standard InChI is InChI=1S/C14H12N4O/c15-11-3-1-2-9(6-11)14(19)17-12-4-5-13-10(7-12)8-16-18-13/h1-8H,15H2,(H,16,18)(H,17,19). The number of anilines is 2. The van der Waals surface area contributed by atoms with Gasteiger partial charge in [0.15, 0.2) is 0 Å². The number of nitrogen functional groups attached to an aromatic ring is 1. The van der Waals surface area contributed by atoms with Crippen LogP contribution in [-0.4, -0.2) is 16.1 Å². The highest BCUT2D eigenvalue weighted by Crippen LogP contribution is 2.17. The van der Waals surface area contributed by atoms with Crippen molar-refractivity contribution in [2.24, 2.45) is 0 Å². The number of nitrogens with two attached hydrogens (primary N) is 1. The normalized spacial score (nSPS) is 10.5. The van der Waals surface area contributed by atoms with E-state index in [1.54, 1.807) is 30.5 Å². The summed E-state index contributed by atoms with van der Waals surface area (Å²) in [7, 11) is 0. The maximum Gasteiger partial charge on any atom is 0.255 e. The molecule has 0 aliphatic carbocycles. The SMILES string of the molecule is Nc1cccc(C(=O)Nc2ccc3[nH]ncc3c2)c1. The third kappa shape index (κ3) is 2.26. The van der Waals surface area contributed by atoms with Crippen molar-refractivity contribution in [3.63, 3.8) is 0 Å². The van der Waals surface area contributed by atoms with Crippen molar-refractivity contribution in [2.45, 2.75) is 0 Å². The van der Waals surface area contributed by atoms with Crippen LogP contribution in [0.15, 0.2) is 48.7 Å². The van der Waals surface area contributed by atoms with Crippen LogP contribution in [0.5, 0.6) is 0 Å². The van der Waals surface area contributed by atoms with E-state index < -0.39 is 0 Å². The molecule has 5 nitrogen and oxygen atoms in total. The summed E-state index contributed by atoms with van der Waals surface area (Å²) >= 11 is 0. The van der Waals surface area contributed by atoms with Gasteiger partial charge in [0.1, 0.15) is 0 Å². The summed E-state index contributed by atoms with van der Waals surface area (Å²) in [6.45, 7) is 0. The van der Waals surface area contributed by atoms with Gasteiger partial charge in [0.25, 0.3) is 5.91 Å². The number of rotatable bonds is 2. The number of hydrogen-bond donors (Lipinski definition) is 3. The van der Waals surface area contributed by atoms with Gasteiger partial charge >= 0.3 is 0 Å². The minimum absolute atomic E-state index is 0.185. The van der Waals surface area contributed by atoms with Gasteiger partial charge in [-0.1, -0.05) is 6.07 Å². The summed E-state index contributed by atoms with van der Waals surface area (Å²) in [6, 6.07) is 12.4. The Labute approximate surface area is 109 Å². The number of fused-ring (bicyclic) bond motifs is 1. The first-order valence-corrected chi connectivity index (χ1v) is 5.82. The maximum absolute atomic E-state index is 12.1. The second kappa shape index (κ2) is 4.45. The average molecular weight is 252 g/mol. The molecule has 5 heteroatoms. The first kappa shape index (κ1) is 11.3. The summed E-state index contributed by atoms with van der Waals surface area (Å²) in [5.74, 6) is -0.185. The maximum atomic E-state index is 12.1. The molecular weight excluding hydrogens is 240 g/mol. The number of H-pyrrole nitrogens is 1. The highest BCUT2D eigenvalue weighted by molar-refractivity contribution is 6.05. The van der Waals surface area contributed by atoms with E-state index in [0.29, 0.717) is 11.3 Å². The second-order valence-corrected chi connectivity index (χ2v) is 4.25. The van der Waals surface area contributed by atoms with E-state index in [4.69, 9.17) is 5.73 Å². The van der Waals surface area contributed by atoms with E-state index in [1.165, 1.54) is 0 Å². The molecule has 1 aromatic heterocycles. The first-order chi connectivity index (χ1) is 9.22. The van der Waals surface area contributed by atoms with Gasteiger partial charge in [0.05, 0.1) is 11.7 Å². The summed E-state index contributed by atoms with van der Waals surface area (Å²) in [6.07, 6.45) is 1.71. The van der Waals surface area contributed by atoms with Crippen molar-refractivity contribution in [1.29, 1.82) is 0 Å². The Morgan fingerprint density at radius 1 is 1.21 bits per heavy atom. The molecule has 1 heterocycles. The molecule has 0 aliphatic rings. The number of nitrogens with zero attached hydrogens (tertiary/aromatic N) is 1. The predicted molar refractivity (Wildman–Crippen MR) is 74.9 cm³/mol. The van der Waals surface area contributed by atoms with Gasteiger partial charge in [0, 0.05) is 22.3 Å². The van der Waals surface area contributed by atoms with E-state index in [0.717, 1.165) is 16.6 Å². The van der Waals surface area contributed by atoms with Crippen molar-refractivity contribution in [3.8, 4) is 0 Å². The zero-order valence-electron chi connectivity index (χ0n) is 10.1. The highest BCUT2D eigenvalue weighted by atomic mass is 16.1. The molecule has 0 spiro atoms. The van der Waals surface area contributed by atoms with Gasteiger partial charge in [-0.25, -0.2) is 0 Å². The zero-order chi connectivity index (χ0) is 13.2. The largest absolute Gasteiger partial charge is 0.399 e. The third-order valence-corrected chi connectivity index (χ3v) is 2.85. The quantitative estimate of drug-likeness (QED) is 0.612. The van der Waals surface area contributed by atoms with Crippen molar-refractivity contribution in [2.75, 3.05) is 11.1 Å². The number of hydrogen-bond acceptors (Lipinski definition) is 3. The van der Waals surface area contributed by atoms with Crippen molar-refractivity contribution < 1.29 is 4.79 Å². The van der Waals surface area contributed by atoms with Crippen LogP contribution in [0.3, 0.4) is 0 Å². The van der Waals surface area contributed by atoms with E-state index in [9.17, 15) is 4.79 Å². The lowest BCUT2D eigenvalue weighted by Crippen LogP contribution is -2.11. The number of benzene rings is 2. The average Bonchev–Trinajstić information content (AvgIpc) is 2.86. The van der Waals surface area contributed by atoms with E-state index >= 15 is 0 Å². The zero-order valence-corrected chi connectivity index (χ0v) is 10.1. The molecule has 2 aromatic carbocycles. The molecule has 3 rings (SSSR count). The number of carbonyl (C=O) groups excluding carboxylic acids is 1. The number of amides is 1. The topological polar surface area (TPSA) is 83.8 Å². The lowest BCUT2D eigenvalue weighted by Gasteiger charge is -2.05. The fourth-order valence-corrected chi connectivity index (χ4v) is 1.90. The van der Waals surface area contributed by atoms with Crippen LogP contribution in [-0.2, 0) is 0 Å². The lowest BCUT2D eigenvalue weighted by molar-refractivity contribution is 0.102. The third-order valence-electron chi connectivity index (χ3n) is 2.85. The van der Waals surface area contributed by atoms with Crippen molar-refractivity contribution in [3.05, 3.63) is 54.2 Å². The molecule has 94 valence electrons. The molecule has 1 amide bonds. The molecule has 19 heavy (non-hydrogen) atoms. The van der Waals surface area contributed by atoms with Crippen LogP contribution < -0.4 is 11.1 Å². The Hall–Kier alpha value is -2.82. The smallest absolute Gasteiger partial charge is 0.255 e. The van der Waals surface area contributed by atoms with Crippen LogP contribution in [0, 0.1) is 0 Å². The van der Waals surface area contributed by atoms with Gasteiger partial charge in [-0.05, 0) is 36.4 Å². The Morgan fingerprint density at radius 2 is 2.11 bits per heavy atom. The van der Waals surface area contributed by atoms with Crippen LogP contribution in [0.25, 0.3) is 10.9 Å². The van der Waals surface area contributed by atoms with Crippen LogP contribution in [0.4, 0.5) is 11.4 Å². The Balaban J connectivity index is 1.86. The molecular formula is C14H12N4O. The predicted octanol–water partition coefficient (Wildman–Crippen LogP) is 2.40. The number of carbonyl (C=O) groups is 1. The van der Waals surface area contributed by atoms with Gasteiger partial charge < -0.3 is 11.1 Å². The Bertz CT molecular complexity index is 748. The molecule has 0 saturated heterocycles. The molecule has 0 fully saturated rings. The van der Waals surface area contributed by atoms with Gasteiger partial charge in [-0.15, -0.1) is 0 Å². The van der Waals surface area contributed by atoms with E-state index in [-0.39, 0.29) is 5.91 Å². The molecule has 0 aliphatic heterocycles. The monoisotopic (exact) mass is 252 g/mol. The molecule has 0 atom stereocenters. The fraction of sp³-hybridized carbons (Fsp3) is 0. The van der Waals surface area contributed by atoms with E-state index in [1.807, 2.05) is 18.2 Å². The molecule has 0 radical (unpaired) electrons. The minimum atomic E-state index is -0.185. The number of aromatic nitrogens is 2. The lowest BCUT2D eigenvalue weighted by atomic mass is 10.2. The number of nitrogens with one attached hydrogen (secondary N) is 2. The molecule has 0 saturated carbocycles. The molecule has 0 unspecified atom stereocenters. The highest BCUT2D eigenvalue weighted by Gasteiger charge is 2.06. The van der Waals surface area contributed by atoms with Crippen LogP contribution in [0.2, 0.25) is 0 Å². The number of aromatic amines is 1. The first-order valence-electron chi connectivity index (χ1n) is 5.82. The van der Waals surface area contributed by atoms with Gasteiger partial charge in [0.2, 0.25) is 0 Å². The minimum Gasteiger partial charge on any atom is -0.399 e. The summed E-state index contributed by atoms with van der Waals surface area (Å²) in [5, 5.41) is 10.6. The Morgan fingerprint density at radius 3 is 2.95 bits per heavy atom. The summed E-state index contributed by atoms with van der Waals surface area (Å²) < 4.78 is 0. The van der Waals surface area contributed by atoms with Crippen LogP contribution >= 0.6 is 0 Å². The van der Waals surface area contributed by atoms with Crippen molar-refractivity contribution in [1.82, 2.24) is 10.2 Å². The van der Waals surface area contributed by atoms with Crippen LogP contribution in [0.1, 0.15) is 10.4 Å². The van der Waals surface area contributed by atoms with Gasteiger partial charge in [-0.2, -0.15) is 5.10 Å². The second-order valence-electron chi connectivity index (χ2n) is 4.25. The van der Waals surface area contributed by atoms with E-state index in [2.05, 4.69) is 15.5 Å². The fourth-order valence-electron chi connectivity index (χ4n) is 1.90. The molecule has 4 N–H and O–H groups in total. The summed E-state index contributed by atoms with van der Waals surface area (Å²) in [4.78, 5) is 12.1. The molecule has 3 aromatic rings. The van der Waals surface area contributed by atoms with Crippen molar-refractivity contribution >= 4 is 28.2 Å². The Kier molecular flexibility index (Phi) is 2.64. The summed E-state index contributed by atoms with van der Waals surface area (Å²) in [5.41, 5.74) is 8.42.